The standard InChI is InChI=1S/C66H107O11P/c1-4-7-10-13-16-19-22-25-27-29-31-33-35-38-40-43-46-49-52-55-64(68)73-59-63(77-66(70)57-54-51-48-45-42-39-36-34-32-30-28-26-23-20-17-14-11-8-5-2)61-75-78(71,72)74-60-62(58-67)76-65(69)56-53-50-47-44-41-37-24-21-18-15-12-9-6-3/h8-9,11-12,16-21,25-28,31-34,37,41,47,50,62-63,67H,4-7,10,13-15,22-24,29-30,35-36,38-40,42-46,48-49,51-61H2,1-3H3,(H,71,72)/b11-8-,12-9-,19-16-,20-17-,21-18-,27-25-,28-26-,33-31-,34-32-,41-37-,50-47-. The van der Waals surface area contributed by atoms with Crippen LogP contribution in [-0.4, -0.2) is 66.5 Å². The summed E-state index contributed by atoms with van der Waals surface area (Å²) in [6.45, 7) is 4.26. The molecule has 0 bridgehead atoms. The van der Waals surface area contributed by atoms with Crippen molar-refractivity contribution in [3.8, 4) is 0 Å². The molecule has 0 saturated carbocycles. The van der Waals surface area contributed by atoms with E-state index in [9.17, 15) is 28.9 Å². The zero-order valence-corrected chi connectivity index (χ0v) is 49.7. The molecule has 3 atom stereocenters. The fraction of sp³-hybridized carbons (Fsp3) is 0.621. The van der Waals surface area contributed by atoms with Crippen molar-refractivity contribution in [3.05, 3.63) is 134 Å². The van der Waals surface area contributed by atoms with Gasteiger partial charge in [-0.05, 0) is 122 Å². The Labute approximate surface area is 474 Å². The van der Waals surface area contributed by atoms with Gasteiger partial charge in [0, 0.05) is 19.3 Å². The maximum absolute atomic E-state index is 12.9. The molecule has 0 aliphatic heterocycles. The SMILES string of the molecule is CC/C=C\C/C=C\C/C=C\C/C=C\CCCCCCCCC(=O)OC(COC(=O)CCCCCCCC/C=C\C/C=C\C/C=C\CCCCC)COP(=O)(O)OCC(CO)OC(=O)CC/C=C\C/C=C\C/C=C\C/C=C\CC. The minimum absolute atomic E-state index is 0.0474. The van der Waals surface area contributed by atoms with Gasteiger partial charge < -0.3 is 24.2 Å². The van der Waals surface area contributed by atoms with Gasteiger partial charge >= 0.3 is 25.7 Å². The van der Waals surface area contributed by atoms with Crippen molar-refractivity contribution < 1.29 is 52.2 Å². The predicted molar refractivity (Wildman–Crippen MR) is 325 cm³/mol. The second-order valence-electron chi connectivity index (χ2n) is 19.4. The number of rotatable bonds is 54. The second-order valence-corrected chi connectivity index (χ2v) is 20.8. The monoisotopic (exact) mass is 1110 g/mol. The van der Waals surface area contributed by atoms with Gasteiger partial charge in [0.05, 0.1) is 19.8 Å². The largest absolute Gasteiger partial charge is 0.472 e. The Morgan fingerprint density at radius 3 is 1.10 bits per heavy atom. The number of hydrogen-bond acceptors (Lipinski definition) is 10. The molecular weight excluding hydrogens is 1000 g/mol. The van der Waals surface area contributed by atoms with E-state index in [1.807, 2.05) is 18.2 Å². The van der Waals surface area contributed by atoms with Crippen molar-refractivity contribution in [1.82, 2.24) is 0 Å². The fourth-order valence-electron chi connectivity index (χ4n) is 7.54. The highest BCUT2D eigenvalue weighted by Gasteiger charge is 2.28. The summed E-state index contributed by atoms with van der Waals surface area (Å²) in [5.41, 5.74) is 0. The quantitative estimate of drug-likeness (QED) is 0.0197. The molecule has 0 heterocycles. The Kier molecular flexibility index (Phi) is 55.5. The number of carbonyl (C=O) groups excluding carboxylic acids is 3. The van der Waals surface area contributed by atoms with Gasteiger partial charge in [-0.3, -0.25) is 23.4 Å². The molecule has 0 saturated heterocycles. The number of unbranched alkanes of at least 4 members (excludes halogenated alkanes) is 15. The Balaban J connectivity index is 4.85. The van der Waals surface area contributed by atoms with Crippen LogP contribution in [0.1, 0.15) is 226 Å². The van der Waals surface area contributed by atoms with Crippen molar-refractivity contribution in [2.45, 2.75) is 238 Å². The van der Waals surface area contributed by atoms with Gasteiger partial charge in [-0.1, -0.05) is 219 Å². The van der Waals surface area contributed by atoms with Crippen LogP contribution >= 0.6 is 7.82 Å². The van der Waals surface area contributed by atoms with Crippen molar-refractivity contribution in [2.24, 2.45) is 0 Å². The molecular formula is C66H107O11P. The topological polar surface area (TPSA) is 155 Å². The van der Waals surface area contributed by atoms with E-state index in [4.69, 9.17) is 23.3 Å². The van der Waals surface area contributed by atoms with E-state index in [1.54, 1.807) is 0 Å². The van der Waals surface area contributed by atoms with E-state index < -0.39 is 57.8 Å². The van der Waals surface area contributed by atoms with Crippen LogP contribution in [0.3, 0.4) is 0 Å². The molecule has 2 N–H and O–H groups in total. The van der Waals surface area contributed by atoms with Crippen molar-refractivity contribution in [3.63, 3.8) is 0 Å². The summed E-state index contributed by atoms with van der Waals surface area (Å²) in [5.74, 6) is -1.60. The van der Waals surface area contributed by atoms with Crippen LogP contribution in [0, 0.1) is 0 Å². The highest BCUT2D eigenvalue weighted by Crippen LogP contribution is 2.43. The molecule has 0 rings (SSSR count). The number of phosphoric acid groups is 1. The minimum Gasteiger partial charge on any atom is -0.462 e. The lowest BCUT2D eigenvalue weighted by atomic mass is 10.1. The van der Waals surface area contributed by atoms with Crippen molar-refractivity contribution in [1.29, 1.82) is 0 Å². The Bertz CT molecular complexity index is 1820. The maximum Gasteiger partial charge on any atom is 0.472 e. The number of hydrogen-bond donors (Lipinski definition) is 2. The number of carbonyl (C=O) groups is 3. The van der Waals surface area contributed by atoms with Gasteiger partial charge in [0.1, 0.15) is 12.7 Å². The number of aliphatic hydroxyl groups excluding tert-OH is 1. The second kappa shape index (κ2) is 58.8. The van der Waals surface area contributed by atoms with Crippen LogP contribution in [0.25, 0.3) is 0 Å². The normalized spacial score (nSPS) is 14.3. The first kappa shape index (κ1) is 73.6. The van der Waals surface area contributed by atoms with Crippen LogP contribution in [-0.2, 0) is 42.2 Å². The van der Waals surface area contributed by atoms with Gasteiger partial charge in [-0.25, -0.2) is 4.57 Å². The molecule has 0 spiro atoms. The summed E-state index contributed by atoms with van der Waals surface area (Å²) in [7, 11) is -4.78. The third kappa shape index (κ3) is 56.3. The summed E-state index contributed by atoms with van der Waals surface area (Å²) >= 11 is 0. The number of esters is 3. The molecule has 0 fully saturated rings. The number of phosphoric ester groups is 1. The van der Waals surface area contributed by atoms with Crippen LogP contribution in [0.2, 0.25) is 0 Å². The van der Waals surface area contributed by atoms with Gasteiger partial charge in [-0.15, -0.1) is 0 Å². The summed E-state index contributed by atoms with van der Waals surface area (Å²) in [5, 5.41) is 9.80. The molecule has 3 unspecified atom stereocenters. The molecule has 0 aromatic rings. The van der Waals surface area contributed by atoms with Crippen LogP contribution in [0.4, 0.5) is 0 Å². The van der Waals surface area contributed by atoms with E-state index in [0.29, 0.717) is 19.3 Å². The summed E-state index contributed by atoms with van der Waals surface area (Å²) < 4.78 is 39.5. The lowest BCUT2D eigenvalue weighted by molar-refractivity contribution is -0.161. The Morgan fingerprint density at radius 2 is 0.692 bits per heavy atom. The Morgan fingerprint density at radius 1 is 0.372 bits per heavy atom. The zero-order chi connectivity index (χ0) is 56.9. The smallest absolute Gasteiger partial charge is 0.462 e. The summed E-state index contributed by atoms with van der Waals surface area (Å²) in [4.78, 5) is 48.6. The minimum atomic E-state index is -4.78. The summed E-state index contributed by atoms with van der Waals surface area (Å²) in [6.07, 6.45) is 74.2. The predicted octanol–water partition coefficient (Wildman–Crippen LogP) is 18.1. The lowest BCUT2D eigenvalue weighted by Gasteiger charge is -2.21. The maximum atomic E-state index is 12.9. The molecule has 78 heavy (non-hydrogen) atoms. The first-order valence-electron chi connectivity index (χ1n) is 30.1. The highest BCUT2D eigenvalue weighted by molar-refractivity contribution is 7.47. The molecule has 11 nitrogen and oxygen atoms in total. The molecule has 0 aromatic carbocycles. The van der Waals surface area contributed by atoms with Gasteiger partial charge in [0.15, 0.2) is 6.10 Å². The first-order chi connectivity index (χ1) is 38.2. The third-order valence-corrected chi connectivity index (χ3v) is 13.0. The molecule has 0 aromatic heterocycles. The molecule has 0 aliphatic carbocycles. The molecule has 0 radical (unpaired) electrons. The third-order valence-electron chi connectivity index (χ3n) is 12.1. The van der Waals surface area contributed by atoms with Crippen LogP contribution in [0.15, 0.2) is 134 Å². The number of ether oxygens (including phenoxy) is 3. The van der Waals surface area contributed by atoms with Gasteiger partial charge in [0.2, 0.25) is 0 Å². The van der Waals surface area contributed by atoms with E-state index in [2.05, 4.69) is 136 Å². The molecule has 442 valence electrons. The van der Waals surface area contributed by atoms with E-state index in [1.165, 1.54) is 25.7 Å². The van der Waals surface area contributed by atoms with Crippen molar-refractivity contribution in [2.75, 3.05) is 26.4 Å². The summed E-state index contributed by atoms with van der Waals surface area (Å²) in [6, 6.07) is 0. The average molecular weight is 1110 g/mol. The fourth-order valence-corrected chi connectivity index (χ4v) is 8.33. The van der Waals surface area contributed by atoms with E-state index in [-0.39, 0.29) is 25.9 Å². The number of aliphatic hydroxyl groups is 1. The average Bonchev–Trinajstić information content (AvgIpc) is 3.43. The first-order valence-corrected chi connectivity index (χ1v) is 31.6. The van der Waals surface area contributed by atoms with Crippen LogP contribution in [0.5, 0.6) is 0 Å². The molecule has 0 amide bonds. The molecule has 12 heteroatoms. The zero-order valence-electron chi connectivity index (χ0n) is 48.8. The van der Waals surface area contributed by atoms with E-state index >= 15 is 0 Å². The van der Waals surface area contributed by atoms with Crippen molar-refractivity contribution >= 4 is 25.7 Å². The lowest BCUT2D eigenvalue weighted by Crippen LogP contribution is -2.30. The van der Waals surface area contributed by atoms with Crippen LogP contribution < -0.4 is 0 Å². The van der Waals surface area contributed by atoms with Gasteiger partial charge in [-0.2, -0.15) is 0 Å². The van der Waals surface area contributed by atoms with E-state index in [0.717, 1.165) is 141 Å². The number of allylic oxidation sites excluding steroid dienone is 22. The van der Waals surface area contributed by atoms with Gasteiger partial charge in [0.25, 0.3) is 0 Å². The molecule has 0 aliphatic rings. The highest BCUT2D eigenvalue weighted by atomic mass is 31.2. The Hall–Kier alpha value is -4.38.